The summed E-state index contributed by atoms with van der Waals surface area (Å²) in [7, 11) is -0.270. The van der Waals surface area contributed by atoms with Crippen molar-refractivity contribution in [2.75, 3.05) is 7.11 Å². The molecule has 1 rings (SSSR count). The van der Waals surface area contributed by atoms with Crippen LogP contribution in [0.25, 0.3) is 0 Å². The van der Waals surface area contributed by atoms with E-state index in [1.54, 1.807) is 7.11 Å². The summed E-state index contributed by atoms with van der Waals surface area (Å²) in [6.07, 6.45) is 0. The Bertz CT molecular complexity index is 468. The SMILES string of the molecule is [Br-].[CH2-]c1c(C)ccc(O[Si](C(C)C)(C(C)C)C(C)C)c1OC.[Mg+2]. The minimum atomic E-state index is -1.96. The van der Waals surface area contributed by atoms with Crippen molar-refractivity contribution in [3.63, 3.8) is 0 Å². The second-order valence-electron chi connectivity index (χ2n) is 6.81. The van der Waals surface area contributed by atoms with E-state index in [9.17, 15) is 0 Å². The van der Waals surface area contributed by atoms with E-state index in [0.29, 0.717) is 16.6 Å². The zero-order chi connectivity index (χ0) is 16.4. The van der Waals surface area contributed by atoms with Gasteiger partial charge >= 0.3 is 23.1 Å². The average molecular weight is 412 g/mol. The number of methoxy groups -OCH3 is 1. The fourth-order valence-corrected chi connectivity index (χ4v) is 8.80. The molecule has 0 aliphatic rings. The third kappa shape index (κ3) is 5.06. The molecule has 0 bridgehead atoms. The Morgan fingerprint density at radius 1 is 0.957 bits per heavy atom. The van der Waals surface area contributed by atoms with Crippen LogP contribution in [-0.4, -0.2) is 38.5 Å². The molecule has 0 spiro atoms. The van der Waals surface area contributed by atoms with Crippen LogP contribution in [0.2, 0.25) is 16.6 Å². The number of halogens is 1. The molecule has 1 aromatic carbocycles. The maximum absolute atomic E-state index is 6.72. The van der Waals surface area contributed by atoms with Gasteiger partial charge in [0, 0.05) is 0 Å². The predicted molar refractivity (Wildman–Crippen MR) is 99.6 cm³/mol. The van der Waals surface area contributed by atoms with Crippen LogP contribution < -0.4 is 26.1 Å². The Morgan fingerprint density at radius 3 is 1.74 bits per heavy atom. The van der Waals surface area contributed by atoms with Crippen LogP contribution >= 0.6 is 0 Å². The number of aryl methyl sites for hydroxylation is 1. The molecule has 23 heavy (non-hydrogen) atoms. The first kappa shape index (κ1) is 25.4. The van der Waals surface area contributed by atoms with Gasteiger partial charge in [0.05, 0.1) is 18.6 Å². The van der Waals surface area contributed by atoms with Crippen molar-refractivity contribution < 1.29 is 26.1 Å². The van der Waals surface area contributed by atoms with E-state index in [1.807, 2.05) is 13.0 Å². The third-order valence-corrected chi connectivity index (χ3v) is 10.6. The fraction of sp³-hybridized carbons (Fsp3) is 0.611. The van der Waals surface area contributed by atoms with Crippen molar-refractivity contribution >= 4 is 31.4 Å². The van der Waals surface area contributed by atoms with Crippen LogP contribution in [0.3, 0.4) is 0 Å². The first-order valence-corrected chi connectivity index (χ1v) is 10.0. The molecule has 0 N–H and O–H groups in total. The summed E-state index contributed by atoms with van der Waals surface area (Å²) in [5, 5.41) is 0. The molecule has 0 saturated heterocycles. The van der Waals surface area contributed by atoms with E-state index in [1.165, 1.54) is 0 Å². The van der Waals surface area contributed by atoms with Gasteiger partial charge in [0.1, 0.15) is 0 Å². The summed E-state index contributed by atoms with van der Waals surface area (Å²) in [5.41, 5.74) is 3.67. The summed E-state index contributed by atoms with van der Waals surface area (Å²) in [6.45, 7) is 19.9. The van der Waals surface area contributed by atoms with Crippen molar-refractivity contribution in [1.29, 1.82) is 0 Å². The number of rotatable bonds is 6. The molecule has 0 aliphatic carbocycles. The smallest absolute Gasteiger partial charge is 1.00 e. The summed E-state index contributed by atoms with van der Waals surface area (Å²) in [6, 6.07) is 4.11. The van der Waals surface area contributed by atoms with Crippen LogP contribution in [-0.2, 0) is 0 Å². The molecule has 2 nitrogen and oxygen atoms in total. The first-order valence-electron chi connectivity index (χ1n) is 7.86. The molecule has 0 heterocycles. The van der Waals surface area contributed by atoms with Gasteiger partial charge in [-0.3, -0.25) is 0 Å². The zero-order valence-electron chi connectivity index (χ0n) is 16.0. The zero-order valence-corrected chi connectivity index (χ0v) is 20.0. The normalized spacial score (nSPS) is 11.3. The predicted octanol–water partition coefficient (Wildman–Crippen LogP) is 2.36. The molecular formula is C18H31BrMgO2Si. The van der Waals surface area contributed by atoms with E-state index in [0.717, 1.165) is 22.6 Å². The molecule has 0 aliphatic heterocycles. The quantitative estimate of drug-likeness (QED) is 0.528. The Hall–Kier alpha value is 0.153. The van der Waals surface area contributed by atoms with E-state index in [2.05, 4.69) is 54.5 Å². The van der Waals surface area contributed by atoms with Gasteiger partial charge in [-0.15, -0.1) is 17.2 Å². The van der Waals surface area contributed by atoms with Gasteiger partial charge in [0.2, 0.25) is 0 Å². The van der Waals surface area contributed by atoms with Gasteiger partial charge in [-0.2, -0.15) is 6.92 Å². The van der Waals surface area contributed by atoms with Gasteiger partial charge in [-0.05, 0) is 22.7 Å². The van der Waals surface area contributed by atoms with E-state index < -0.39 is 8.32 Å². The fourth-order valence-electron chi connectivity index (χ4n) is 3.55. The van der Waals surface area contributed by atoms with Gasteiger partial charge in [-0.1, -0.05) is 48.5 Å². The van der Waals surface area contributed by atoms with Crippen LogP contribution in [0.4, 0.5) is 0 Å². The Labute approximate surface area is 170 Å². The van der Waals surface area contributed by atoms with Crippen molar-refractivity contribution in [3.8, 4) is 11.5 Å². The molecule has 0 unspecified atom stereocenters. The van der Waals surface area contributed by atoms with Crippen molar-refractivity contribution in [1.82, 2.24) is 0 Å². The van der Waals surface area contributed by atoms with Crippen molar-refractivity contribution in [3.05, 3.63) is 30.2 Å². The average Bonchev–Trinajstić information content (AvgIpc) is 2.38. The van der Waals surface area contributed by atoms with E-state index in [-0.39, 0.29) is 40.0 Å². The number of benzene rings is 1. The Kier molecular flexibility index (Phi) is 11.3. The van der Waals surface area contributed by atoms with Gasteiger partial charge < -0.3 is 26.1 Å². The third-order valence-electron chi connectivity index (χ3n) is 4.66. The number of hydrogen-bond donors (Lipinski definition) is 0. The standard InChI is InChI=1S/C18H31O2Si.BrH.Mg/c1-12(2)21(13(3)4,14(5)6)20-17-11-10-15(7)16(8)18(17)19-9;;/h10-14H,8H2,1-7,9H3;1H;/q-1;;+2/p-1. The second-order valence-corrected chi connectivity index (χ2v) is 12.2. The van der Waals surface area contributed by atoms with Crippen LogP contribution in [0.1, 0.15) is 52.7 Å². The molecule has 0 fully saturated rings. The summed E-state index contributed by atoms with van der Waals surface area (Å²) in [5.74, 6) is 1.64. The molecule has 0 saturated carbocycles. The Morgan fingerprint density at radius 2 is 1.39 bits per heavy atom. The molecule has 1 aromatic rings. The summed E-state index contributed by atoms with van der Waals surface area (Å²) >= 11 is 0. The number of ether oxygens (including phenoxy) is 1. The van der Waals surface area contributed by atoms with Gasteiger partial charge in [0.15, 0.2) is 0 Å². The maximum Gasteiger partial charge on any atom is 2.00 e. The topological polar surface area (TPSA) is 18.5 Å². The minimum Gasteiger partial charge on any atom is -1.00 e. The van der Waals surface area contributed by atoms with Crippen molar-refractivity contribution in [2.45, 2.75) is 65.1 Å². The molecule has 0 amide bonds. The largest absolute Gasteiger partial charge is 2.00 e. The van der Waals surface area contributed by atoms with E-state index >= 15 is 0 Å². The van der Waals surface area contributed by atoms with E-state index in [4.69, 9.17) is 9.16 Å². The second kappa shape index (κ2) is 10.2. The summed E-state index contributed by atoms with van der Waals surface area (Å²) in [4.78, 5) is 0. The maximum atomic E-state index is 6.72. The van der Waals surface area contributed by atoms with Gasteiger partial charge in [-0.25, -0.2) is 0 Å². The molecule has 5 heteroatoms. The molecule has 0 aromatic heterocycles. The van der Waals surface area contributed by atoms with Crippen LogP contribution in [0.15, 0.2) is 12.1 Å². The first-order chi connectivity index (χ1) is 9.68. The minimum absolute atomic E-state index is 0. The van der Waals surface area contributed by atoms with Crippen LogP contribution in [0.5, 0.6) is 11.5 Å². The molecular weight excluding hydrogens is 380 g/mol. The number of hydrogen-bond acceptors (Lipinski definition) is 2. The van der Waals surface area contributed by atoms with Crippen molar-refractivity contribution in [2.24, 2.45) is 0 Å². The summed E-state index contributed by atoms with van der Waals surface area (Å²) < 4.78 is 12.3. The molecule has 0 atom stereocenters. The van der Waals surface area contributed by atoms with Crippen LogP contribution in [0, 0.1) is 13.8 Å². The molecule has 0 radical (unpaired) electrons. The Balaban J connectivity index is 0. The van der Waals surface area contributed by atoms with Gasteiger partial charge in [0.25, 0.3) is 8.32 Å². The molecule has 128 valence electrons. The monoisotopic (exact) mass is 410 g/mol.